The van der Waals surface area contributed by atoms with Gasteiger partial charge in [-0.25, -0.2) is 0 Å². The van der Waals surface area contributed by atoms with E-state index in [1.807, 2.05) is 13.8 Å². The minimum absolute atomic E-state index is 0.0402. The van der Waals surface area contributed by atoms with Crippen molar-refractivity contribution in [3.05, 3.63) is 0 Å². The fourth-order valence-electron chi connectivity index (χ4n) is 1.24. The molecule has 0 saturated heterocycles. The minimum Gasteiger partial charge on any atom is -0.379 e. The number of carbonyl (C=O) groups is 1. The normalized spacial score (nSPS) is 12.7. The number of rotatable bonds is 12. The number of ether oxygens (including phenoxy) is 3. The van der Waals surface area contributed by atoms with Gasteiger partial charge in [0, 0.05) is 19.1 Å². The third-order valence-electron chi connectivity index (χ3n) is 2.81. The molecule has 0 unspecified atom stereocenters. The first-order chi connectivity index (χ1) is 9.07. The monoisotopic (exact) mass is 275 g/mol. The third-order valence-corrected chi connectivity index (χ3v) is 2.81. The molecule has 0 aliphatic rings. The van der Waals surface area contributed by atoms with Gasteiger partial charge in [0.05, 0.1) is 33.0 Å². The number of nitrogens with one attached hydrogen (secondary N) is 1. The zero-order valence-electron chi connectivity index (χ0n) is 12.7. The smallest absolute Gasteiger partial charge is 0.222 e. The van der Waals surface area contributed by atoms with Crippen molar-refractivity contribution in [2.24, 2.45) is 5.92 Å². The fourth-order valence-corrected chi connectivity index (χ4v) is 1.24. The average Bonchev–Trinajstić information content (AvgIpc) is 2.36. The van der Waals surface area contributed by atoms with Gasteiger partial charge >= 0.3 is 0 Å². The summed E-state index contributed by atoms with van der Waals surface area (Å²) in [6, 6.07) is 0.203. The molecule has 1 N–H and O–H groups in total. The maximum Gasteiger partial charge on any atom is 0.222 e. The van der Waals surface area contributed by atoms with Gasteiger partial charge in [0.2, 0.25) is 5.91 Å². The van der Waals surface area contributed by atoms with Crippen LogP contribution < -0.4 is 5.32 Å². The molecule has 5 nitrogen and oxygen atoms in total. The van der Waals surface area contributed by atoms with Gasteiger partial charge in [-0.1, -0.05) is 13.8 Å². The van der Waals surface area contributed by atoms with E-state index in [1.165, 1.54) is 0 Å². The Balaban J connectivity index is 3.27. The van der Waals surface area contributed by atoms with E-state index in [-0.39, 0.29) is 11.9 Å². The lowest BCUT2D eigenvalue weighted by molar-refractivity contribution is -0.123. The Labute approximate surface area is 117 Å². The van der Waals surface area contributed by atoms with Crippen LogP contribution in [0.5, 0.6) is 0 Å². The molecular formula is C14H29NO4. The Morgan fingerprint density at radius 3 is 2.00 bits per heavy atom. The van der Waals surface area contributed by atoms with Crippen molar-refractivity contribution in [1.29, 1.82) is 0 Å². The summed E-state index contributed by atoms with van der Waals surface area (Å²) < 4.78 is 15.7. The molecule has 0 aromatic rings. The second-order valence-corrected chi connectivity index (χ2v) is 4.77. The molecule has 0 aromatic heterocycles. The first-order valence-electron chi connectivity index (χ1n) is 7.10. The molecule has 0 bridgehead atoms. The van der Waals surface area contributed by atoms with Crippen LogP contribution in [0, 0.1) is 5.92 Å². The number of amides is 1. The predicted molar refractivity (Wildman–Crippen MR) is 75.2 cm³/mol. The maximum absolute atomic E-state index is 11.5. The summed E-state index contributed by atoms with van der Waals surface area (Å²) in [4.78, 5) is 11.5. The molecule has 1 atom stereocenters. The highest BCUT2D eigenvalue weighted by molar-refractivity contribution is 5.76. The Hall–Kier alpha value is -0.650. The molecule has 114 valence electrons. The summed E-state index contributed by atoms with van der Waals surface area (Å²) in [7, 11) is 0. The van der Waals surface area contributed by atoms with Gasteiger partial charge in [-0.15, -0.1) is 0 Å². The van der Waals surface area contributed by atoms with Crippen molar-refractivity contribution in [3.63, 3.8) is 0 Å². The lowest BCUT2D eigenvalue weighted by Crippen LogP contribution is -2.36. The van der Waals surface area contributed by atoms with Crippen molar-refractivity contribution in [2.75, 3.05) is 39.6 Å². The Morgan fingerprint density at radius 2 is 1.47 bits per heavy atom. The molecule has 19 heavy (non-hydrogen) atoms. The average molecular weight is 275 g/mol. The van der Waals surface area contributed by atoms with E-state index in [0.29, 0.717) is 52.0 Å². The van der Waals surface area contributed by atoms with Crippen LogP contribution in [0.2, 0.25) is 0 Å². The molecule has 5 heteroatoms. The minimum atomic E-state index is 0.0402. The van der Waals surface area contributed by atoms with E-state index in [4.69, 9.17) is 14.2 Å². The molecule has 0 rings (SSSR count). The topological polar surface area (TPSA) is 56.8 Å². The second kappa shape index (κ2) is 12.4. The zero-order valence-corrected chi connectivity index (χ0v) is 12.7. The van der Waals surface area contributed by atoms with Gasteiger partial charge in [-0.05, 0) is 19.8 Å². The molecule has 0 spiro atoms. The lowest BCUT2D eigenvalue weighted by atomic mass is 10.1. The molecule has 0 radical (unpaired) electrons. The first-order valence-corrected chi connectivity index (χ1v) is 7.10. The van der Waals surface area contributed by atoms with Crippen molar-refractivity contribution >= 4 is 5.91 Å². The number of hydrogen-bond donors (Lipinski definition) is 1. The Bertz CT molecular complexity index is 221. The third kappa shape index (κ3) is 12.1. The SMILES string of the molecule is CCOCCOCCOCCC(=O)N[C@H](C)C(C)C. The standard InChI is InChI=1S/C14H29NO4/c1-5-17-8-9-19-11-10-18-7-6-14(16)15-13(4)12(2)3/h12-13H,5-11H2,1-4H3,(H,15,16)/t13-/m1/s1. The van der Waals surface area contributed by atoms with E-state index in [0.717, 1.165) is 0 Å². The van der Waals surface area contributed by atoms with Gasteiger partial charge in [-0.3, -0.25) is 4.79 Å². The summed E-state index contributed by atoms with van der Waals surface area (Å²) in [5, 5.41) is 2.94. The van der Waals surface area contributed by atoms with E-state index in [9.17, 15) is 4.79 Å². The molecule has 0 aliphatic carbocycles. The largest absolute Gasteiger partial charge is 0.379 e. The van der Waals surface area contributed by atoms with Crippen molar-refractivity contribution in [1.82, 2.24) is 5.32 Å². The summed E-state index contributed by atoms with van der Waals surface area (Å²) >= 11 is 0. The van der Waals surface area contributed by atoms with Crippen molar-refractivity contribution in [2.45, 2.75) is 40.2 Å². The molecule has 0 fully saturated rings. The highest BCUT2D eigenvalue weighted by atomic mass is 16.5. The van der Waals surface area contributed by atoms with E-state index >= 15 is 0 Å². The van der Waals surface area contributed by atoms with E-state index < -0.39 is 0 Å². The molecular weight excluding hydrogens is 246 g/mol. The molecule has 0 aromatic carbocycles. The summed E-state index contributed by atoms with van der Waals surface area (Å²) in [6.07, 6.45) is 0.399. The van der Waals surface area contributed by atoms with Gasteiger partial charge in [0.15, 0.2) is 0 Å². The van der Waals surface area contributed by atoms with E-state index in [2.05, 4.69) is 19.2 Å². The van der Waals surface area contributed by atoms with Crippen LogP contribution >= 0.6 is 0 Å². The van der Waals surface area contributed by atoms with Crippen LogP contribution in [-0.4, -0.2) is 51.6 Å². The maximum atomic E-state index is 11.5. The quantitative estimate of drug-likeness (QED) is 0.550. The Kier molecular flexibility index (Phi) is 12.0. The highest BCUT2D eigenvalue weighted by Crippen LogP contribution is 1.99. The Morgan fingerprint density at radius 1 is 0.947 bits per heavy atom. The van der Waals surface area contributed by atoms with Crippen LogP contribution in [0.25, 0.3) is 0 Å². The molecule has 0 heterocycles. The van der Waals surface area contributed by atoms with Crippen LogP contribution in [0.3, 0.4) is 0 Å². The first kappa shape index (κ1) is 18.4. The number of carbonyl (C=O) groups excluding carboxylic acids is 1. The fraction of sp³-hybridized carbons (Fsp3) is 0.929. The molecule has 1 amide bonds. The van der Waals surface area contributed by atoms with E-state index in [1.54, 1.807) is 0 Å². The summed E-state index contributed by atoms with van der Waals surface area (Å²) in [6.45, 7) is 11.5. The lowest BCUT2D eigenvalue weighted by Gasteiger charge is -2.17. The van der Waals surface area contributed by atoms with Crippen LogP contribution in [-0.2, 0) is 19.0 Å². The number of hydrogen-bond acceptors (Lipinski definition) is 4. The summed E-state index contributed by atoms with van der Waals surface area (Å²) in [5.41, 5.74) is 0. The molecule has 0 saturated carbocycles. The van der Waals surface area contributed by atoms with Gasteiger partial charge < -0.3 is 19.5 Å². The van der Waals surface area contributed by atoms with Gasteiger partial charge in [0.1, 0.15) is 0 Å². The van der Waals surface area contributed by atoms with Gasteiger partial charge in [0.25, 0.3) is 0 Å². The van der Waals surface area contributed by atoms with Crippen molar-refractivity contribution < 1.29 is 19.0 Å². The van der Waals surface area contributed by atoms with Crippen molar-refractivity contribution in [3.8, 4) is 0 Å². The van der Waals surface area contributed by atoms with Crippen LogP contribution in [0.15, 0.2) is 0 Å². The highest BCUT2D eigenvalue weighted by Gasteiger charge is 2.10. The van der Waals surface area contributed by atoms with Crippen LogP contribution in [0.1, 0.15) is 34.1 Å². The second-order valence-electron chi connectivity index (χ2n) is 4.77. The predicted octanol–water partition coefficient (Wildman–Crippen LogP) is 1.61. The zero-order chi connectivity index (χ0) is 14.5. The summed E-state index contributed by atoms with van der Waals surface area (Å²) in [5.74, 6) is 0.488. The molecule has 0 aliphatic heterocycles. The van der Waals surface area contributed by atoms with Crippen LogP contribution in [0.4, 0.5) is 0 Å². The van der Waals surface area contributed by atoms with Gasteiger partial charge in [-0.2, -0.15) is 0 Å².